The van der Waals surface area contributed by atoms with Crippen molar-refractivity contribution in [2.75, 3.05) is 12.3 Å². The fourth-order valence-corrected chi connectivity index (χ4v) is 3.72. The fourth-order valence-electron chi connectivity index (χ4n) is 1.78. The molecule has 1 aromatic heterocycles. The molecule has 1 unspecified atom stereocenters. The average Bonchev–Trinajstić information content (AvgIpc) is 2.94. The summed E-state index contributed by atoms with van der Waals surface area (Å²) in [5.74, 6) is 0.717. The van der Waals surface area contributed by atoms with Gasteiger partial charge in [-0.15, -0.1) is 23.1 Å². The van der Waals surface area contributed by atoms with E-state index in [4.69, 9.17) is 0 Å². The molecule has 1 aromatic carbocycles. The summed E-state index contributed by atoms with van der Waals surface area (Å²) in [6.45, 7) is 3.14. The van der Waals surface area contributed by atoms with Crippen LogP contribution in [-0.4, -0.2) is 12.3 Å². The Labute approximate surface area is 122 Å². The molecule has 0 aliphatic heterocycles. The van der Waals surface area contributed by atoms with Crippen molar-refractivity contribution in [3.05, 3.63) is 52.5 Å². The largest absolute Gasteiger partial charge is 0.309 e. The van der Waals surface area contributed by atoms with Crippen molar-refractivity contribution >= 4 is 23.1 Å². The SMILES string of the molecule is CCCNC(CSc1ccccc1F)c1cccs1. The molecule has 0 radical (unpaired) electrons. The standard InChI is InChI=1S/C15H18FNS2/c1-2-9-17-13(15-8-5-10-18-15)11-19-14-7-4-3-6-12(14)16/h3-8,10,13,17H,2,9,11H2,1H3. The van der Waals surface area contributed by atoms with Crippen LogP contribution in [0, 0.1) is 5.82 Å². The second kappa shape index (κ2) is 7.68. The summed E-state index contributed by atoms with van der Waals surface area (Å²) in [6, 6.07) is 11.5. The van der Waals surface area contributed by atoms with Crippen LogP contribution in [0.3, 0.4) is 0 Å². The number of halogens is 1. The second-order valence-electron chi connectivity index (χ2n) is 4.26. The minimum absolute atomic E-state index is 0.132. The van der Waals surface area contributed by atoms with E-state index in [9.17, 15) is 4.39 Å². The fraction of sp³-hybridized carbons (Fsp3) is 0.333. The van der Waals surface area contributed by atoms with Gasteiger partial charge in [0.2, 0.25) is 0 Å². The molecule has 1 nitrogen and oxygen atoms in total. The van der Waals surface area contributed by atoms with Crippen LogP contribution < -0.4 is 5.32 Å². The minimum atomic E-state index is -0.132. The zero-order chi connectivity index (χ0) is 13.5. The lowest BCUT2D eigenvalue weighted by Gasteiger charge is -2.16. The van der Waals surface area contributed by atoms with Gasteiger partial charge < -0.3 is 5.32 Å². The van der Waals surface area contributed by atoms with Crippen LogP contribution in [0.15, 0.2) is 46.7 Å². The first kappa shape index (κ1) is 14.6. The van der Waals surface area contributed by atoms with Gasteiger partial charge in [0, 0.05) is 15.5 Å². The van der Waals surface area contributed by atoms with Gasteiger partial charge in [-0.3, -0.25) is 0 Å². The molecule has 1 atom stereocenters. The molecule has 0 fully saturated rings. The maximum atomic E-state index is 13.6. The normalized spacial score (nSPS) is 12.5. The van der Waals surface area contributed by atoms with Crippen LogP contribution in [0.2, 0.25) is 0 Å². The Morgan fingerprint density at radius 2 is 2.11 bits per heavy atom. The first-order valence-corrected chi connectivity index (χ1v) is 8.32. The van der Waals surface area contributed by atoms with Gasteiger partial charge in [0.25, 0.3) is 0 Å². The first-order valence-electron chi connectivity index (χ1n) is 6.45. The Kier molecular flexibility index (Phi) is 5.89. The summed E-state index contributed by atoms with van der Waals surface area (Å²) in [5, 5.41) is 5.62. The second-order valence-corrected chi connectivity index (χ2v) is 6.30. The Morgan fingerprint density at radius 3 is 2.79 bits per heavy atom. The lowest BCUT2D eigenvalue weighted by molar-refractivity contribution is 0.582. The van der Waals surface area contributed by atoms with Gasteiger partial charge >= 0.3 is 0 Å². The molecule has 0 bridgehead atoms. The summed E-state index contributed by atoms with van der Waals surface area (Å²) in [7, 11) is 0. The number of thioether (sulfide) groups is 1. The maximum Gasteiger partial charge on any atom is 0.136 e. The molecule has 0 saturated carbocycles. The topological polar surface area (TPSA) is 12.0 Å². The molecule has 102 valence electrons. The van der Waals surface area contributed by atoms with Gasteiger partial charge in [-0.2, -0.15) is 0 Å². The van der Waals surface area contributed by atoms with Gasteiger partial charge in [-0.1, -0.05) is 25.1 Å². The summed E-state index contributed by atoms with van der Waals surface area (Å²) >= 11 is 3.32. The van der Waals surface area contributed by atoms with E-state index in [0.717, 1.165) is 23.6 Å². The zero-order valence-electron chi connectivity index (χ0n) is 10.9. The lowest BCUT2D eigenvalue weighted by Crippen LogP contribution is -2.23. The number of thiophene rings is 1. The molecule has 0 aliphatic rings. The molecule has 0 spiro atoms. The third-order valence-electron chi connectivity index (χ3n) is 2.77. The van der Waals surface area contributed by atoms with E-state index in [-0.39, 0.29) is 5.82 Å². The van der Waals surface area contributed by atoms with E-state index in [1.54, 1.807) is 29.2 Å². The van der Waals surface area contributed by atoms with E-state index in [1.807, 2.05) is 12.1 Å². The van der Waals surface area contributed by atoms with Crippen molar-refractivity contribution in [3.8, 4) is 0 Å². The minimum Gasteiger partial charge on any atom is -0.309 e. The van der Waals surface area contributed by atoms with Gasteiger partial charge in [0.05, 0.1) is 6.04 Å². The van der Waals surface area contributed by atoms with Crippen molar-refractivity contribution in [2.24, 2.45) is 0 Å². The number of nitrogens with one attached hydrogen (secondary N) is 1. The van der Waals surface area contributed by atoms with E-state index >= 15 is 0 Å². The third kappa shape index (κ3) is 4.34. The highest BCUT2D eigenvalue weighted by Gasteiger charge is 2.13. The van der Waals surface area contributed by atoms with E-state index < -0.39 is 0 Å². The number of benzene rings is 1. The van der Waals surface area contributed by atoms with Gasteiger partial charge in [-0.25, -0.2) is 4.39 Å². The summed E-state index contributed by atoms with van der Waals surface area (Å²) < 4.78 is 13.6. The summed E-state index contributed by atoms with van der Waals surface area (Å²) in [6.07, 6.45) is 1.10. The molecule has 2 rings (SSSR count). The third-order valence-corrected chi connectivity index (χ3v) is 4.90. The van der Waals surface area contributed by atoms with Crippen LogP contribution in [0.1, 0.15) is 24.3 Å². The molecule has 4 heteroatoms. The van der Waals surface area contributed by atoms with E-state index in [1.165, 1.54) is 10.9 Å². The molecule has 1 heterocycles. The quantitative estimate of drug-likeness (QED) is 0.742. The average molecular weight is 295 g/mol. The highest BCUT2D eigenvalue weighted by atomic mass is 32.2. The van der Waals surface area contributed by atoms with Crippen LogP contribution in [0.25, 0.3) is 0 Å². The molecule has 0 amide bonds. The maximum absolute atomic E-state index is 13.6. The molecule has 0 saturated heterocycles. The molecule has 2 aromatic rings. The van der Waals surface area contributed by atoms with Crippen LogP contribution in [0.5, 0.6) is 0 Å². The van der Waals surface area contributed by atoms with Crippen molar-refractivity contribution in [3.63, 3.8) is 0 Å². The van der Waals surface area contributed by atoms with Crippen molar-refractivity contribution < 1.29 is 4.39 Å². The number of hydrogen-bond acceptors (Lipinski definition) is 3. The lowest BCUT2D eigenvalue weighted by atomic mass is 10.2. The highest BCUT2D eigenvalue weighted by molar-refractivity contribution is 7.99. The highest BCUT2D eigenvalue weighted by Crippen LogP contribution is 2.28. The monoisotopic (exact) mass is 295 g/mol. The van der Waals surface area contributed by atoms with Crippen molar-refractivity contribution in [1.29, 1.82) is 0 Å². The van der Waals surface area contributed by atoms with Crippen LogP contribution >= 0.6 is 23.1 Å². The smallest absolute Gasteiger partial charge is 0.136 e. The summed E-state index contributed by atoms with van der Waals surface area (Å²) in [4.78, 5) is 2.04. The number of hydrogen-bond donors (Lipinski definition) is 1. The molecule has 0 aliphatic carbocycles. The molecule has 1 N–H and O–H groups in total. The Balaban J connectivity index is 1.99. The number of rotatable bonds is 7. The Morgan fingerprint density at radius 1 is 1.26 bits per heavy atom. The van der Waals surface area contributed by atoms with Crippen molar-refractivity contribution in [1.82, 2.24) is 5.32 Å². The van der Waals surface area contributed by atoms with Crippen LogP contribution in [0.4, 0.5) is 4.39 Å². The van der Waals surface area contributed by atoms with Crippen LogP contribution in [-0.2, 0) is 0 Å². The Bertz CT molecular complexity index is 485. The van der Waals surface area contributed by atoms with E-state index in [0.29, 0.717) is 6.04 Å². The predicted molar refractivity (Wildman–Crippen MR) is 82.5 cm³/mol. The van der Waals surface area contributed by atoms with Crippen molar-refractivity contribution in [2.45, 2.75) is 24.3 Å². The summed E-state index contributed by atoms with van der Waals surface area (Å²) in [5.41, 5.74) is 0. The van der Waals surface area contributed by atoms with E-state index in [2.05, 4.69) is 29.8 Å². The Hall–Kier alpha value is -0.840. The molecular weight excluding hydrogens is 277 g/mol. The first-order chi connectivity index (χ1) is 9.31. The van der Waals surface area contributed by atoms with Gasteiger partial charge in [0.15, 0.2) is 0 Å². The molecule has 19 heavy (non-hydrogen) atoms. The van der Waals surface area contributed by atoms with Gasteiger partial charge in [0.1, 0.15) is 5.82 Å². The predicted octanol–water partition coefficient (Wildman–Crippen LogP) is 4.72. The molecular formula is C15H18FNS2. The zero-order valence-corrected chi connectivity index (χ0v) is 12.6. The van der Waals surface area contributed by atoms with Gasteiger partial charge in [-0.05, 0) is 36.5 Å².